The summed E-state index contributed by atoms with van der Waals surface area (Å²) in [6.07, 6.45) is -0.312. The second-order valence-corrected chi connectivity index (χ2v) is 5.26. The summed E-state index contributed by atoms with van der Waals surface area (Å²) in [7, 11) is 0. The van der Waals surface area contributed by atoms with Crippen LogP contribution in [0, 0.1) is 0 Å². The Morgan fingerprint density at radius 3 is 2.70 bits per heavy atom. The summed E-state index contributed by atoms with van der Waals surface area (Å²) in [6, 6.07) is 10.7. The quantitative estimate of drug-likeness (QED) is 0.751. The third-order valence-electron chi connectivity index (χ3n) is 3.16. The minimum absolute atomic E-state index is 0.126. The molecule has 0 fully saturated rings. The fraction of sp³-hybridized carbons (Fsp3) is 0.250. The fourth-order valence-corrected chi connectivity index (χ4v) is 2.14. The number of alkyl carbamates (subject to hydrolysis) is 1. The third-order valence-corrected chi connectivity index (χ3v) is 3.47. The topological polar surface area (TPSA) is 91.7 Å². The number of nitrogens with one attached hydrogen (secondary N) is 1. The van der Waals surface area contributed by atoms with E-state index in [9.17, 15) is 15.0 Å². The second-order valence-electron chi connectivity index (χ2n) is 4.85. The van der Waals surface area contributed by atoms with Crippen LogP contribution in [0.5, 0.6) is 0 Å². The predicted molar refractivity (Wildman–Crippen MR) is 84.8 cm³/mol. The highest BCUT2D eigenvalue weighted by atomic mass is 35.5. The summed E-state index contributed by atoms with van der Waals surface area (Å²) in [5.41, 5.74) is 1.19. The maximum atomic E-state index is 11.6. The molecule has 122 valence electrons. The van der Waals surface area contributed by atoms with Crippen LogP contribution in [0.3, 0.4) is 0 Å². The van der Waals surface area contributed by atoms with Crippen LogP contribution < -0.4 is 5.32 Å². The van der Waals surface area contributed by atoms with Crippen molar-refractivity contribution >= 4 is 17.7 Å². The first-order valence-corrected chi connectivity index (χ1v) is 7.36. The number of aliphatic hydroxyl groups is 2. The first kappa shape index (κ1) is 17.2. The monoisotopic (exact) mass is 336 g/mol. The Morgan fingerprint density at radius 1 is 1.26 bits per heavy atom. The molecule has 1 aromatic carbocycles. The highest BCUT2D eigenvalue weighted by molar-refractivity contribution is 6.31. The molecular weight excluding hydrogens is 320 g/mol. The van der Waals surface area contributed by atoms with E-state index < -0.39 is 18.3 Å². The van der Waals surface area contributed by atoms with Gasteiger partial charge in [-0.3, -0.25) is 4.98 Å². The number of nitrogens with zero attached hydrogens (tertiary/aromatic N) is 1. The molecule has 6 nitrogen and oxygen atoms in total. The number of aromatic nitrogens is 1. The number of aliphatic hydroxyl groups excluding tert-OH is 2. The molecule has 0 saturated heterocycles. The van der Waals surface area contributed by atoms with Crippen molar-refractivity contribution < 1.29 is 19.7 Å². The van der Waals surface area contributed by atoms with Crippen molar-refractivity contribution in [3.8, 4) is 0 Å². The van der Waals surface area contributed by atoms with E-state index in [1.807, 2.05) is 30.3 Å². The normalized spacial score (nSPS) is 13.2. The van der Waals surface area contributed by atoms with Crippen molar-refractivity contribution in [2.45, 2.75) is 18.8 Å². The first-order chi connectivity index (χ1) is 11.1. The summed E-state index contributed by atoms with van der Waals surface area (Å²) >= 11 is 5.90. The number of halogens is 1. The van der Waals surface area contributed by atoms with Gasteiger partial charge in [0.15, 0.2) is 0 Å². The van der Waals surface area contributed by atoms with E-state index in [0.717, 1.165) is 5.56 Å². The van der Waals surface area contributed by atoms with Gasteiger partial charge in [0.1, 0.15) is 18.8 Å². The molecule has 23 heavy (non-hydrogen) atoms. The Morgan fingerprint density at radius 2 is 2.00 bits per heavy atom. The van der Waals surface area contributed by atoms with Crippen molar-refractivity contribution in [2.75, 3.05) is 6.54 Å². The Balaban J connectivity index is 1.78. The van der Waals surface area contributed by atoms with E-state index in [0.29, 0.717) is 5.56 Å². The summed E-state index contributed by atoms with van der Waals surface area (Å²) in [5.74, 6) is 0. The number of rotatable bonds is 6. The first-order valence-electron chi connectivity index (χ1n) is 6.98. The van der Waals surface area contributed by atoms with Crippen LogP contribution in [0.1, 0.15) is 17.2 Å². The minimum atomic E-state index is -1.24. The van der Waals surface area contributed by atoms with Crippen molar-refractivity contribution in [2.24, 2.45) is 0 Å². The van der Waals surface area contributed by atoms with E-state index in [4.69, 9.17) is 16.3 Å². The van der Waals surface area contributed by atoms with E-state index in [1.165, 1.54) is 18.5 Å². The molecule has 2 unspecified atom stereocenters. The van der Waals surface area contributed by atoms with Crippen LogP contribution in [0.25, 0.3) is 0 Å². The molecular formula is C16H17ClN2O4. The zero-order valence-corrected chi connectivity index (χ0v) is 13.0. The second kappa shape index (κ2) is 8.47. The smallest absolute Gasteiger partial charge is 0.407 e. The number of carbonyl (C=O) groups excluding carboxylic acids is 1. The van der Waals surface area contributed by atoms with E-state index in [-0.39, 0.29) is 18.2 Å². The molecule has 0 bridgehead atoms. The maximum absolute atomic E-state index is 11.6. The molecule has 1 amide bonds. The molecule has 0 radical (unpaired) electrons. The van der Waals surface area contributed by atoms with Gasteiger partial charge in [0.25, 0.3) is 0 Å². The van der Waals surface area contributed by atoms with Crippen molar-refractivity contribution in [1.29, 1.82) is 0 Å². The molecule has 2 aromatic rings. The van der Waals surface area contributed by atoms with E-state index in [2.05, 4.69) is 10.3 Å². The van der Waals surface area contributed by atoms with Gasteiger partial charge in [-0.2, -0.15) is 0 Å². The van der Waals surface area contributed by atoms with Crippen LogP contribution >= 0.6 is 11.6 Å². The molecule has 0 saturated carbocycles. The van der Waals surface area contributed by atoms with Crippen molar-refractivity contribution in [1.82, 2.24) is 10.3 Å². The number of carbonyl (C=O) groups is 1. The largest absolute Gasteiger partial charge is 0.445 e. The number of pyridine rings is 1. The average molecular weight is 337 g/mol. The number of amides is 1. The van der Waals surface area contributed by atoms with Gasteiger partial charge >= 0.3 is 6.09 Å². The van der Waals surface area contributed by atoms with Crippen LogP contribution in [0.2, 0.25) is 5.02 Å². The molecule has 3 N–H and O–H groups in total. The van der Waals surface area contributed by atoms with Gasteiger partial charge in [-0.05, 0) is 11.6 Å². The lowest BCUT2D eigenvalue weighted by molar-refractivity contribution is 0.0184. The fourth-order valence-electron chi connectivity index (χ4n) is 1.91. The third kappa shape index (κ3) is 5.21. The van der Waals surface area contributed by atoms with E-state index >= 15 is 0 Å². The molecule has 7 heteroatoms. The highest BCUT2D eigenvalue weighted by Gasteiger charge is 2.21. The lowest BCUT2D eigenvalue weighted by Gasteiger charge is -2.19. The Hall–Kier alpha value is -2.15. The van der Waals surface area contributed by atoms with Gasteiger partial charge < -0.3 is 20.3 Å². The predicted octanol–water partition coefficient (Wildman–Crippen LogP) is 2.06. The molecule has 1 heterocycles. The number of benzene rings is 1. The summed E-state index contributed by atoms with van der Waals surface area (Å²) in [6.45, 7) is -0.0467. The summed E-state index contributed by atoms with van der Waals surface area (Å²) < 4.78 is 5.01. The summed E-state index contributed by atoms with van der Waals surface area (Å²) in [4.78, 5) is 15.4. The molecule has 2 atom stereocenters. The SMILES string of the molecule is O=C(NCC(O)C(O)c1ccncc1Cl)OCc1ccccc1. The van der Waals surface area contributed by atoms with Gasteiger partial charge in [-0.1, -0.05) is 41.9 Å². The van der Waals surface area contributed by atoms with Crippen LogP contribution in [0.15, 0.2) is 48.8 Å². The number of ether oxygens (including phenoxy) is 1. The Labute approximate surface area is 138 Å². The van der Waals surface area contributed by atoms with Gasteiger partial charge in [0, 0.05) is 24.5 Å². The molecule has 2 rings (SSSR count). The molecule has 0 aliphatic heterocycles. The van der Waals surface area contributed by atoms with Crippen LogP contribution in [-0.2, 0) is 11.3 Å². The van der Waals surface area contributed by atoms with Crippen molar-refractivity contribution in [3.63, 3.8) is 0 Å². The Bertz CT molecular complexity index is 639. The van der Waals surface area contributed by atoms with Gasteiger partial charge in [0.05, 0.1) is 5.02 Å². The van der Waals surface area contributed by atoms with Crippen LogP contribution in [-0.4, -0.2) is 33.9 Å². The average Bonchev–Trinajstić information content (AvgIpc) is 2.58. The van der Waals surface area contributed by atoms with Gasteiger partial charge in [-0.15, -0.1) is 0 Å². The molecule has 0 aliphatic carbocycles. The number of hydrogen-bond acceptors (Lipinski definition) is 5. The highest BCUT2D eigenvalue weighted by Crippen LogP contribution is 2.23. The van der Waals surface area contributed by atoms with Crippen LogP contribution in [0.4, 0.5) is 4.79 Å². The molecule has 0 spiro atoms. The standard InChI is InChI=1S/C16H17ClN2O4/c17-13-8-18-7-6-12(13)15(21)14(20)9-19-16(22)23-10-11-4-2-1-3-5-11/h1-8,14-15,20-21H,9-10H2,(H,19,22). The lowest BCUT2D eigenvalue weighted by Crippen LogP contribution is -2.35. The zero-order valence-electron chi connectivity index (χ0n) is 12.2. The minimum Gasteiger partial charge on any atom is -0.445 e. The van der Waals surface area contributed by atoms with Gasteiger partial charge in [-0.25, -0.2) is 4.79 Å². The van der Waals surface area contributed by atoms with E-state index in [1.54, 1.807) is 0 Å². The zero-order chi connectivity index (χ0) is 16.7. The summed E-state index contributed by atoms with van der Waals surface area (Å²) in [5, 5.41) is 22.6. The lowest BCUT2D eigenvalue weighted by atomic mass is 10.1. The Kier molecular flexibility index (Phi) is 6.34. The maximum Gasteiger partial charge on any atom is 0.407 e. The van der Waals surface area contributed by atoms with Gasteiger partial charge in [0.2, 0.25) is 0 Å². The molecule has 1 aromatic heterocycles. The molecule has 0 aliphatic rings. The number of hydrogen-bond donors (Lipinski definition) is 3. The van der Waals surface area contributed by atoms with Crippen molar-refractivity contribution in [3.05, 3.63) is 64.9 Å².